The van der Waals surface area contributed by atoms with E-state index in [2.05, 4.69) is 26.3 Å². The molecule has 6 heterocycles. The second-order valence-corrected chi connectivity index (χ2v) is 9.67. The van der Waals surface area contributed by atoms with E-state index in [1.807, 2.05) is 6.20 Å². The summed E-state index contributed by atoms with van der Waals surface area (Å²) in [6.07, 6.45) is 6.89. The summed E-state index contributed by atoms with van der Waals surface area (Å²) < 4.78 is 21.9. The fourth-order valence-electron chi connectivity index (χ4n) is 5.62. The first-order chi connectivity index (χ1) is 16.5. The van der Waals surface area contributed by atoms with E-state index in [1.165, 1.54) is 16.2 Å². The zero-order valence-corrected chi connectivity index (χ0v) is 19.0. The highest BCUT2D eigenvalue weighted by Gasteiger charge is 2.43. The van der Waals surface area contributed by atoms with Crippen molar-refractivity contribution in [1.82, 2.24) is 24.8 Å². The molecule has 1 fully saturated rings. The third kappa shape index (κ3) is 3.77. The van der Waals surface area contributed by atoms with Crippen LogP contribution in [0.15, 0.2) is 35.4 Å². The molecule has 0 saturated carbocycles. The maximum Gasteiger partial charge on any atom is 0.251 e. The van der Waals surface area contributed by atoms with Crippen molar-refractivity contribution in [2.45, 2.75) is 50.4 Å². The molecule has 3 aliphatic heterocycles. The number of rotatable bonds is 5. The van der Waals surface area contributed by atoms with E-state index in [-0.39, 0.29) is 24.2 Å². The van der Waals surface area contributed by atoms with E-state index in [1.54, 1.807) is 6.07 Å². The van der Waals surface area contributed by atoms with Crippen molar-refractivity contribution in [2.75, 3.05) is 26.2 Å². The van der Waals surface area contributed by atoms with Gasteiger partial charge in [0, 0.05) is 25.2 Å². The van der Waals surface area contributed by atoms with Gasteiger partial charge >= 0.3 is 0 Å². The molecule has 0 spiro atoms. The van der Waals surface area contributed by atoms with Crippen molar-refractivity contribution in [2.24, 2.45) is 0 Å². The number of aromatic nitrogens is 3. The van der Waals surface area contributed by atoms with Crippen LogP contribution in [0.1, 0.15) is 36.1 Å². The average molecular weight is 466 g/mol. The van der Waals surface area contributed by atoms with E-state index in [0.717, 1.165) is 63.0 Å². The second kappa shape index (κ2) is 8.41. The maximum absolute atomic E-state index is 14.8. The van der Waals surface area contributed by atoms with E-state index in [9.17, 15) is 14.3 Å². The molecule has 34 heavy (non-hydrogen) atoms. The van der Waals surface area contributed by atoms with Gasteiger partial charge in [0.2, 0.25) is 0 Å². The second-order valence-electron chi connectivity index (χ2n) is 9.67. The van der Waals surface area contributed by atoms with Crippen molar-refractivity contribution in [3.05, 3.63) is 63.6 Å². The summed E-state index contributed by atoms with van der Waals surface area (Å²) in [5.41, 5.74) is 1.68. The predicted octanol–water partition coefficient (Wildman–Crippen LogP) is 1.71. The summed E-state index contributed by atoms with van der Waals surface area (Å²) in [4.78, 5) is 23.1. The van der Waals surface area contributed by atoms with Gasteiger partial charge in [0.05, 0.1) is 47.8 Å². The molecule has 0 amide bonds. The summed E-state index contributed by atoms with van der Waals surface area (Å²) in [6, 6.07) is 5.50. The Bertz CT molecular complexity index is 1300. The molecule has 0 bridgehead atoms. The fourth-order valence-corrected chi connectivity index (χ4v) is 5.62. The minimum absolute atomic E-state index is 0.0486. The van der Waals surface area contributed by atoms with Crippen molar-refractivity contribution < 1.29 is 14.2 Å². The number of hydrogen-bond acceptors (Lipinski definition) is 7. The fraction of sp³-hybridized carbons (Fsp3) is 0.480. The van der Waals surface area contributed by atoms with Gasteiger partial charge in [-0.1, -0.05) is 0 Å². The number of ether oxygens (including phenoxy) is 1. The van der Waals surface area contributed by atoms with Crippen LogP contribution in [-0.2, 0) is 25.1 Å². The van der Waals surface area contributed by atoms with Gasteiger partial charge in [0.1, 0.15) is 17.2 Å². The van der Waals surface area contributed by atoms with Crippen LogP contribution < -0.4 is 15.6 Å². The topological polar surface area (TPSA) is 92.5 Å². The van der Waals surface area contributed by atoms with Crippen LogP contribution in [0.3, 0.4) is 0 Å². The zero-order chi connectivity index (χ0) is 23.3. The molecule has 0 aliphatic carbocycles. The monoisotopic (exact) mass is 465 g/mol. The van der Waals surface area contributed by atoms with Gasteiger partial charge in [-0.05, 0) is 56.5 Å². The van der Waals surface area contributed by atoms with Crippen LogP contribution in [0.5, 0.6) is 5.75 Å². The van der Waals surface area contributed by atoms with Crippen molar-refractivity contribution in [1.29, 1.82) is 0 Å². The van der Waals surface area contributed by atoms with Gasteiger partial charge in [-0.2, -0.15) is 0 Å². The minimum Gasteiger partial charge on any atom is -0.492 e. The largest absolute Gasteiger partial charge is 0.492 e. The summed E-state index contributed by atoms with van der Waals surface area (Å²) >= 11 is 0. The Kier molecular flexibility index (Phi) is 5.35. The van der Waals surface area contributed by atoms with Crippen LogP contribution in [0, 0.1) is 5.82 Å². The average Bonchev–Trinajstić information content (AvgIpc) is 3.17. The van der Waals surface area contributed by atoms with Crippen molar-refractivity contribution in [3.8, 4) is 5.75 Å². The predicted molar refractivity (Wildman–Crippen MR) is 124 cm³/mol. The van der Waals surface area contributed by atoms with Crippen molar-refractivity contribution in [3.63, 3.8) is 0 Å². The Balaban J connectivity index is 1.09. The number of aryl methyl sites for hydroxylation is 1. The van der Waals surface area contributed by atoms with Gasteiger partial charge in [0.15, 0.2) is 0 Å². The number of nitrogens with one attached hydrogen (secondary N) is 1. The lowest BCUT2D eigenvalue weighted by Crippen LogP contribution is -2.48. The van der Waals surface area contributed by atoms with Gasteiger partial charge in [-0.25, -0.2) is 4.39 Å². The third-order valence-corrected chi connectivity index (χ3v) is 7.34. The number of β-amino-alcohol motifs (C(OH)–C–C–N with tert-alkyl or cyclic N) is 1. The van der Waals surface area contributed by atoms with Gasteiger partial charge in [-0.3, -0.25) is 19.7 Å². The first-order valence-corrected chi connectivity index (χ1v) is 12.0. The smallest absolute Gasteiger partial charge is 0.251 e. The lowest BCUT2D eigenvalue weighted by molar-refractivity contribution is -0.0159. The number of aliphatic hydroxyl groups is 1. The highest BCUT2D eigenvalue weighted by atomic mass is 19.1. The SMILES string of the molecule is O=c1ccc2ncc(F)c3c2n1C[C@@]3(O)CN1CCC(NCc2cc3c(cn2)OCCC3)CC1. The molecule has 6 rings (SSSR count). The molecule has 0 unspecified atom stereocenters. The van der Waals surface area contributed by atoms with Gasteiger partial charge in [-0.15, -0.1) is 0 Å². The first-order valence-electron chi connectivity index (χ1n) is 12.0. The normalized spacial score (nSPS) is 22.6. The third-order valence-electron chi connectivity index (χ3n) is 7.34. The van der Waals surface area contributed by atoms with Crippen molar-refractivity contribution >= 4 is 11.0 Å². The first kappa shape index (κ1) is 21.6. The zero-order valence-electron chi connectivity index (χ0n) is 19.0. The molecule has 3 aromatic rings. The highest BCUT2D eigenvalue weighted by molar-refractivity contribution is 5.81. The Labute approximate surface area is 196 Å². The van der Waals surface area contributed by atoms with E-state index < -0.39 is 11.4 Å². The highest BCUT2D eigenvalue weighted by Crippen LogP contribution is 2.38. The molecule has 1 saturated heterocycles. The maximum atomic E-state index is 14.8. The van der Waals surface area contributed by atoms with Crippen LogP contribution in [-0.4, -0.2) is 56.8 Å². The lowest BCUT2D eigenvalue weighted by atomic mass is 9.93. The number of nitrogens with zero attached hydrogens (tertiary/aromatic N) is 4. The summed E-state index contributed by atoms with van der Waals surface area (Å²) in [6.45, 7) is 3.37. The molecule has 9 heteroatoms. The summed E-state index contributed by atoms with van der Waals surface area (Å²) in [5, 5.41) is 15.1. The van der Waals surface area contributed by atoms with Gasteiger partial charge in [0.25, 0.3) is 5.56 Å². The molecular weight excluding hydrogens is 437 g/mol. The van der Waals surface area contributed by atoms with E-state index >= 15 is 0 Å². The number of fused-ring (bicyclic) bond motifs is 1. The minimum atomic E-state index is -1.45. The Morgan fingerprint density at radius 3 is 2.94 bits per heavy atom. The molecule has 178 valence electrons. The quantitative estimate of drug-likeness (QED) is 0.593. The van der Waals surface area contributed by atoms with E-state index in [0.29, 0.717) is 23.6 Å². The summed E-state index contributed by atoms with van der Waals surface area (Å²) in [5.74, 6) is 0.340. The number of pyridine rings is 3. The number of hydrogen-bond donors (Lipinski definition) is 2. The lowest BCUT2D eigenvalue weighted by Gasteiger charge is -2.37. The molecule has 1 atom stereocenters. The Hall–Kier alpha value is -2.88. The number of piperidine rings is 1. The Morgan fingerprint density at radius 2 is 2.09 bits per heavy atom. The molecule has 0 radical (unpaired) electrons. The Morgan fingerprint density at radius 1 is 1.24 bits per heavy atom. The molecular formula is C25H28FN5O3. The molecule has 3 aromatic heterocycles. The molecule has 0 aromatic carbocycles. The van der Waals surface area contributed by atoms with Crippen LogP contribution in [0.2, 0.25) is 0 Å². The molecule has 8 nitrogen and oxygen atoms in total. The number of likely N-dealkylation sites (tertiary alicyclic amines) is 1. The van der Waals surface area contributed by atoms with E-state index in [4.69, 9.17) is 4.74 Å². The summed E-state index contributed by atoms with van der Waals surface area (Å²) in [7, 11) is 0. The van der Waals surface area contributed by atoms with Gasteiger partial charge < -0.3 is 19.7 Å². The molecule has 2 N–H and O–H groups in total. The van der Waals surface area contributed by atoms with Crippen LogP contribution in [0.4, 0.5) is 4.39 Å². The standard InChI is InChI=1S/C25H28FN5O3/c26-19-12-29-20-3-4-22(32)31-15-25(33,23(19)24(20)31)14-30-7-5-17(6-8-30)27-11-18-10-16-2-1-9-34-21(16)13-28-18/h3-4,10,12-13,17,27,33H,1-2,5-9,11,14-15H2/t25-/m0/s1. The molecule has 3 aliphatic rings. The number of halogens is 1. The van der Waals surface area contributed by atoms with Crippen LogP contribution >= 0.6 is 0 Å². The van der Waals surface area contributed by atoms with Crippen LogP contribution in [0.25, 0.3) is 11.0 Å².